The summed E-state index contributed by atoms with van der Waals surface area (Å²) in [6.07, 6.45) is -6.38. The number of rotatable bonds is 6. The lowest BCUT2D eigenvalue weighted by Crippen LogP contribution is -2.67. The predicted octanol–water partition coefficient (Wildman–Crippen LogP) is 2.98. The number of amides is 2. The third-order valence-electron chi connectivity index (χ3n) is 5.38. The normalized spacial score (nSPS) is 24.5. The molecule has 0 aliphatic carbocycles. The fraction of sp³-hybridized carbons (Fsp3) is 0.455. The minimum absolute atomic E-state index is 0.299. The van der Waals surface area contributed by atoms with Crippen molar-refractivity contribution in [3.63, 3.8) is 0 Å². The van der Waals surface area contributed by atoms with E-state index < -0.39 is 84.1 Å². The minimum atomic E-state index is -1.80. The van der Waals surface area contributed by atoms with Gasteiger partial charge in [0, 0.05) is 27.7 Å². The lowest BCUT2D eigenvalue weighted by atomic mass is 9.94. The second-order valence-corrected chi connectivity index (χ2v) is 9.59. The van der Waals surface area contributed by atoms with Gasteiger partial charge in [0.25, 0.3) is 11.8 Å². The Morgan fingerprint density at radius 2 is 1.16 bits per heavy atom. The molecule has 0 saturated carbocycles. The van der Waals surface area contributed by atoms with Crippen LogP contribution in [0.25, 0.3) is 0 Å². The largest absolute Gasteiger partial charge is 0.463 e. The van der Waals surface area contributed by atoms with E-state index in [-0.39, 0.29) is 20.1 Å². The Kier molecular flexibility index (Phi) is 9.15. The molecule has 3 rings (SSSR count). The molecule has 1 fully saturated rings. The van der Waals surface area contributed by atoms with E-state index in [2.05, 4.69) is 0 Å². The van der Waals surface area contributed by atoms with Gasteiger partial charge in [0.15, 0.2) is 12.2 Å². The van der Waals surface area contributed by atoms with Crippen LogP contribution < -0.4 is 0 Å². The van der Waals surface area contributed by atoms with Gasteiger partial charge in [-0.25, -0.2) is 0 Å². The molecule has 2 aliphatic heterocycles. The predicted molar refractivity (Wildman–Crippen MR) is 129 cm³/mol. The molecule has 2 amide bonds. The number of ether oxygens (including phenoxy) is 5. The molecule has 12 nitrogen and oxygen atoms in total. The van der Waals surface area contributed by atoms with Crippen LogP contribution in [-0.4, -0.2) is 77.8 Å². The summed E-state index contributed by atoms with van der Waals surface area (Å²) in [7, 11) is 0. The van der Waals surface area contributed by atoms with E-state index in [1.165, 1.54) is 0 Å². The third-order valence-corrected chi connectivity index (χ3v) is 7.18. The van der Waals surface area contributed by atoms with Gasteiger partial charge in [-0.05, 0) is 0 Å². The van der Waals surface area contributed by atoms with Crippen molar-refractivity contribution in [3.8, 4) is 0 Å². The minimum Gasteiger partial charge on any atom is -0.463 e. The van der Waals surface area contributed by atoms with E-state index in [1.54, 1.807) is 0 Å². The van der Waals surface area contributed by atoms with Crippen LogP contribution >= 0.6 is 46.4 Å². The van der Waals surface area contributed by atoms with Crippen LogP contribution in [0.5, 0.6) is 0 Å². The van der Waals surface area contributed by atoms with Gasteiger partial charge in [0.05, 0.1) is 31.2 Å². The molecule has 206 valence electrons. The molecule has 3 unspecified atom stereocenters. The zero-order valence-electron chi connectivity index (χ0n) is 20.0. The first-order valence-electron chi connectivity index (χ1n) is 10.7. The number of carbonyl (C=O) groups excluding carboxylic acids is 6. The van der Waals surface area contributed by atoms with Gasteiger partial charge in [-0.3, -0.25) is 33.7 Å². The average Bonchev–Trinajstić information content (AvgIpc) is 3.06. The lowest BCUT2D eigenvalue weighted by Gasteiger charge is -2.46. The van der Waals surface area contributed by atoms with Crippen molar-refractivity contribution in [1.29, 1.82) is 0 Å². The molecule has 1 aromatic carbocycles. The summed E-state index contributed by atoms with van der Waals surface area (Å²) < 4.78 is 26.6. The number of imide groups is 1. The van der Waals surface area contributed by atoms with E-state index in [0.29, 0.717) is 4.90 Å². The first-order valence-corrected chi connectivity index (χ1v) is 12.2. The molecule has 0 N–H and O–H groups in total. The second-order valence-electron chi connectivity index (χ2n) is 8.08. The van der Waals surface area contributed by atoms with Crippen molar-refractivity contribution >= 4 is 82.1 Å². The highest BCUT2D eigenvalue weighted by atomic mass is 35.5. The standard InChI is InChI=1S/C22H19Cl4NO11/c1-6(28)34-5-10-18(35-7(2)29)19(36-8(3)30)17(22(38-10)37-9(4)31)27-20(32)11-12(21(27)33)14(24)16(26)15(25)13(11)23/h10,17-19,22H,5H2,1-4H3/t10?,17?,18-,19?,22+/m0/s1. The highest BCUT2D eigenvalue weighted by Crippen LogP contribution is 2.46. The Balaban J connectivity index is 2.21. The highest BCUT2D eigenvalue weighted by Gasteiger charge is 2.59. The number of carbonyl (C=O) groups is 6. The zero-order chi connectivity index (χ0) is 28.6. The molecule has 1 aromatic rings. The van der Waals surface area contributed by atoms with Crippen molar-refractivity contribution in [2.45, 2.75) is 58.3 Å². The van der Waals surface area contributed by atoms with E-state index in [1.807, 2.05) is 0 Å². The fourth-order valence-corrected chi connectivity index (χ4v) is 5.07. The van der Waals surface area contributed by atoms with Crippen molar-refractivity contribution in [1.82, 2.24) is 4.90 Å². The van der Waals surface area contributed by atoms with Gasteiger partial charge in [0.1, 0.15) is 18.8 Å². The van der Waals surface area contributed by atoms with Crippen molar-refractivity contribution in [2.24, 2.45) is 0 Å². The molecule has 0 bridgehead atoms. The monoisotopic (exact) mass is 613 g/mol. The summed E-state index contributed by atoms with van der Waals surface area (Å²) in [4.78, 5) is 75.2. The Morgan fingerprint density at radius 3 is 1.58 bits per heavy atom. The van der Waals surface area contributed by atoms with E-state index >= 15 is 0 Å². The molecular weight excluding hydrogens is 596 g/mol. The van der Waals surface area contributed by atoms with Crippen molar-refractivity contribution in [2.75, 3.05) is 6.61 Å². The third kappa shape index (κ3) is 5.69. The summed E-state index contributed by atoms with van der Waals surface area (Å²) in [5, 5.41) is -1.36. The van der Waals surface area contributed by atoms with Crippen LogP contribution in [0.1, 0.15) is 48.4 Å². The van der Waals surface area contributed by atoms with Crippen molar-refractivity contribution in [3.05, 3.63) is 31.2 Å². The quantitative estimate of drug-likeness (QED) is 0.153. The first-order chi connectivity index (χ1) is 17.7. The lowest BCUT2D eigenvalue weighted by molar-refractivity contribution is -0.278. The average molecular weight is 615 g/mol. The van der Waals surface area contributed by atoms with E-state index in [4.69, 9.17) is 70.1 Å². The van der Waals surface area contributed by atoms with Gasteiger partial charge in [-0.1, -0.05) is 46.4 Å². The van der Waals surface area contributed by atoms with Crippen LogP contribution in [-0.2, 0) is 42.9 Å². The molecule has 0 aromatic heterocycles. The van der Waals surface area contributed by atoms with Crippen LogP contribution in [0, 0.1) is 0 Å². The topological polar surface area (TPSA) is 152 Å². The molecule has 0 spiro atoms. The first kappa shape index (κ1) is 29.9. The number of hydrogen-bond donors (Lipinski definition) is 0. The number of esters is 4. The molecule has 16 heteroatoms. The highest BCUT2D eigenvalue weighted by molar-refractivity contribution is 6.55. The summed E-state index contributed by atoms with van der Waals surface area (Å²) in [5.41, 5.74) is -0.824. The summed E-state index contributed by atoms with van der Waals surface area (Å²) >= 11 is 24.6. The van der Waals surface area contributed by atoms with Gasteiger partial charge < -0.3 is 23.7 Å². The maximum Gasteiger partial charge on any atom is 0.305 e. The number of fused-ring (bicyclic) bond motifs is 1. The Bertz CT molecular complexity index is 1190. The van der Waals surface area contributed by atoms with Gasteiger partial charge in [-0.15, -0.1) is 0 Å². The van der Waals surface area contributed by atoms with Crippen molar-refractivity contribution < 1.29 is 52.5 Å². The number of nitrogens with zero attached hydrogens (tertiary/aromatic N) is 1. The molecule has 2 heterocycles. The smallest absolute Gasteiger partial charge is 0.305 e. The summed E-state index contributed by atoms with van der Waals surface area (Å²) in [5.74, 6) is -5.59. The second kappa shape index (κ2) is 11.6. The van der Waals surface area contributed by atoms with Crippen LogP contribution in [0.2, 0.25) is 20.1 Å². The summed E-state index contributed by atoms with van der Waals surface area (Å²) in [6, 6.07) is -1.74. The Hall–Kier alpha value is -2.64. The number of hydrogen-bond acceptors (Lipinski definition) is 11. The van der Waals surface area contributed by atoms with E-state index in [0.717, 1.165) is 27.7 Å². The van der Waals surface area contributed by atoms with Gasteiger partial charge >= 0.3 is 23.9 Å². The molecule has 1 saturated heterocycles. The van der Waals surface area contributed by atoms with Crippen LogP contribution in [0.3, 0.4) is 0 Å². The number of halogens is 4. The SMILES string of the molecule is CC(=O)OCC1O[C@@H](OC(C)=O)C(N2C(=O)c3c(Cl)c(Cl)c(Cl)c(Cl)c3C2=O)C(OC(C)=O)[C@H]1OC(C)=O. The molecular formula is C22H19Cl4NO11. The summed E-state index contributed by atoms with van der Waals surface area (Å²) in [6.45, 7) is 3.61. The Labute approximate surface area is 235 Å². The maximum atomic E-state index is 13.6. The van der Waals surface area contributed by atoms with Crippen LogP contribution in [0.4, 0.5) is 0 Å². The maximum absolute atomic E-state index is 13.6. The molecule has 2 aliphatic rings. The molecule has 38 heavy (non-hydrogen) atoms. The van der Waals surface area contributed by atoms with Crippen LogP contribution in [0.15, 0.2) is 0 Å². The molecule has 0 radical (unpaired) electrons. The van der Waals surface area contributed by atoms with Gasteiger partial charge in [-0.2, -0.15) is 0 Å². The number of benzene rings is 1. The van der Waals surface area contributed by atoms with E-state index in [9.17, 15) is 28.8 Å². The van der Waals surface area contributed by atoms with Gasteiger partial charge in [0.2, 0.25) is 6.29 Å². The Morgan fingerprint density at radius 1 is 0.711 bits per heavy atom. The molecule has 5 atom stereocenters. The fourth-order valence-electron chi connectivity index (χ4n) is 4.05. The zero-order valence-corrected chi connectivity index (χ0v) is 23.1.